The first-order valence-electron chi connectivity index (χ1n) is 6.61. The van der Waals surface area contributed by atoms with E-state index in [9.17, 15) is 24.9 Å². The Labute approximate surface area is 126 Å². The van der Waals surface area contributed by atoms with Gasteiger partial charge in [0.2, 0.25) is 23.1 Å². The van der Waals surface area contributed by atoms with Crippen molar-refractivity contribution in [2.45, 2.75) is 19.8 Å². The van der Waals surface area contributed by atoms with Gasteiger partial charge < -0.3 is 24.8 Å². The molecule has 0 atom stereocenters. The van der Waals surface area contributed by atoms with E-state index in [0.717, 1.165) is 0 Å². The van der Waals surface area contributed by atoms with E-state index in [-0.39, 0.29) is 23.3 Å². The molecular weight excluding hydrogens is 292 g/mol. The van der Waals surface area contributed by atoms with Gasteiger partial charge in [-0.3, -0.25) is 9.59 Å². The van der Waals surface area contributed by atoms with Crippen LogP contribution in [-0.2, 0) is 15.9 Å². The fourth-order valence-corrected chi connectivity index (χ4v) is 2.49. The van der Waals surface area contributed by atoms with Crippen LogP contribution < -0.4 is 0 Å². The molecule has 0 amide bonds. The Balaban J connectivity index is 2.85. The molecule has 1 aliphatic rings. The van der Waals surface area contributed by atoms with Crippen LogP contribution in [0.3, 0.4) is 0 Å². The summed E-state index contributed by atoms with van der Waals surface area (Å²) in [5.74, 6) is -4.29. The summed E-state index contributed by atoms with van der Waals surface area (Å²) in [6, 6.07) is 0. The summed E-state index contributed by atoms with van der Waals surface area (Å²) in [6.45, 7) is 1.80. The zero-order chi connectivity index (χ0) is 16.6. The van der Waals surface area contributed by atoms with Crippen LogP contribution in [0.5, 0.6) is 17.2 Å². The first kappa shape index (κ1) is 15.7. The molecule has 0 heterocycles. The Bertz CT molecular complexity index is 701. The number of allylic oxidation sites excluding steroid dienone is 2. The van der Waals surface area contributed by atoms with Crippen LogP contribution >= 0.6 is 0 Å². The number of hydrogen-bond donors (Lipinski definition) is 3. The summed E-state index contributed by atoms with van der Waals surface area (Å²) in [6.07, 6.45) is 0.779. The summed E-state index contributed by atoms with van der Waals surface area (Å²) < 4.78 is 9.74. The highest BCUT2D eigenvalue weighted by molar-refractivity contribution is 6.27. The van der Waals surface area contributed by atoms with Crippen molar-refractivity contribution in [3.63, 3.8) is 0 Å². The number of methoxy groups -OCH3 is 2. The molecule has 2 rings (SSSR count). The molecule has 0 aliphatic heterocycles. The summed E-state index contributed by atoms with van der Waals surface area (Å²) in [7, 11) is 2.36. The molecule has 118 valence electrons. The number of rotatable bonds is 4. The number of carbonyl (C=O) groups is 2. The van der Waals surface area contributed by atoms with Crippen LogP contribution in [0.15, 0.2) is 11.5 Å². The zero-order valence-electron chi connectivity index (χ0n) is 12.4. The van der Waals surface area contributed by atoms with Gasteiger partial charge in [-0.15, -0.1) is 0 Å². The van der Waals surface area contributed by atoms with Crippen molar-refractivity contribution < 1.29 is 34.4 Å². The van der Waals surface area contributed by atoms with Crippen LogP contribution in [0.4, 0.5) is 0 Å². The van der Waals surface area contributed by atoms with Gasteiger partial charge in [0.1, 0.15) is 5.75 Å². The molecule has 3 N–H and O–H groups in total. The number of phenolic OH excluding ortho intramolecular Hbond substituents is 3. The molecule has 0 radical (unpaired) electrons. The lowest BCUT2D eigenvalue weighted by Gasteiger charge is -2.22. The van der Waals surface area contributed by atoms with Gasteiger partial charge in [-0.2, -0.15) is 0 Å². The fraction of sp³-hybridized carbons (Fsp3) is 0.333. The molecule has 0 saturated heterocycles. The average molecular weight is 308 g/mol. The number of hydrogen-bond acceptors (Lipinski definition) is 7. The third-order valence-electron chi connectivity index (χ3n) is 3.50. The van der Waals surface area contributed by atoms with Crippen LogP contribution in [0.1, 0.15) is 39.6 Å². The van der Waals surface area contributed by atoms with Gasteiger partial charge in [-0.25, -0.2) is 0 Å². The number of ketones is 2. The summed E-state index contributed by atoms with van der Waals surface area (Å²) in [5.41, 5.74) is -0.866. The largest absolute Gasteiger partial charge is 0.507 e. The van der Waals surface area contributed by atoms with E-state index in [1.54, 1.807) is 6.92 Å². The minimum Gasteiger partial charge on any atom is -0.507 e. The SMILES string of the molecule is CCCc1c(O)c(O)c2c(c1O)C(=O)C(OC)=C(OC)C2=O. The lowest BCUT2D eigenvalue weighted by molar-refractivity contribution is 0.0823. The molecule has 7 heteroatoms. The molecule has 22 heavy (non-hydrogen) atoms. The first-order valence-corrected chi connectivity index (χ1v) is 6.61. The smallest absolute Gasteiger partial charge is 0.236 e. The summed E-state index contributed by atoms with van der Waals surface area (Å²) in [4.78, 5) is 24.8. The molecular formula is C15H16O7. The van der Waals surface area contributed by atoms with Crippen molar-refractivity contribution in [2.75, 3.05) is 14.2 Å². The third-order valence-corrected chi connectivity index (χ3v) is 3.50. The lowest BCUT2D eigenvalue weighted by atomic mass is 9.87. The van der Waals surface area contributed by atoms with E-state index in [2.05, 4.69) is 0 Å². The Kier molecular flexibility index (Phi) is 3.99. The molecule has 0 bridgehead atoms. The quantitative estimate of drug-likeness (QED) is 0.572. The van der Waals surface area contributed by atoms with Gasteiger partial charge in [0, 0.05) is 5.56 Å². The second kappa shape index (κ2) is 5.59. The molecule has 1 aromatic rings. The van der Waals surface area contributed by atoms with Gasteiger partial charge in [-0.05, 0) is 6.42 Å². The van der Waals surface area contributed by atoms with Crippen molar-refractivity contribution in [1.82, 2.24) is 0 Å². The monoisotopic (exact) mass is 308 g/mol. The Morgan fingerprint density at radius 1 is 0.818 bits per heavy atom. The van der Waals surface area contributed by atoms with Crippen LogP contribution in [0.25, 0.3) is 0 Å². The first-order chi connectivity index (χ1) is 10.4. The third kappa shape index (κ3) is 1.97. The highest BCUT2D eigenvalue weighted by atomic mass is 16.5. The molecule has 1 aliphatic carbocycles. The van der Waals surface area contributed by atoms with E-state index < -0.39 is 40.1 Å². The van der Waals surface area contributed by atoms with Crippen molar-refractivity contribution in [3.05, 3.63) is 28.2 Å². The standard InChI is InChI=1S/C15H16O7/c1-4-5-6-9(16)7-8(11(18)10(6)17)13(20)15(22-3)14(21-2)12(7)19/h16-18H,4-5H2,1-3H3. The number of fused-ring (bicyclic) bond motifs is 1. The van der Waals surface area contributed by atoms with Crippen LogP contribution in [-0.4, -0.2) is 41.1 Å². The average Bonchev–Trinajstić information content (AvgIpc) is 2.50. The molecule has 0 unspecified atom stereocenters. The molecule has 0 fully saturated rings. The maximum Gasteiger partial charge on any atom is 0.236 e. The van der Waals surface area contributed by atoms with E-state index in [0.29, 0.717) is 6.42 Å². The van der Waals surface area contributed by atoms with Crippen molar-refractivity contribution in [1.29, 1.82) is 0 Å². The van der Waals surface area contributed by atoms with E-state index in [4.69, 9.17) is 9.47 Å². The predicted molar refractivity (Wildman–Crippen MR) is 75.1 cm³/mol. The molecule has 7 nitrogen and oxygen atoms in total. The van der Waals surface area contributed by atoms with Gasteiger partial charge in [0.15, 0.2) is 11.5 Å². The van der Waals surface area contributed by atoms with Gasteiger partial charge in [0.25, 0.3) is 0 Å². The lowest BCUT2D eigenvalue weighted by Crippen LogP contribution is -2.24. The molecule has 1 aromatic carbocycles. The number of aromatic hydroxyl groups is 3. The Morgan fingerprint density at radius 3 is 1.68 bits per heavy atom. The van der Waals surface area contributed by atoms with E-state index in [1.807, 2.05) is 0 Å². The van der Waals surface area contributed by atoms with E-state index in [1.165, 1.54) is 14.2 Å². The van der Waals surface area contributed by atoms with Gasteiger partial charge in [-0.1, -0.05) is 13.3 Å². The number of benzene rings is 1. The Hall–Kier alpha value is -2.70. The number of carbonyl (C=O) groups excluding carboxylic acids is 2. The predicted octanol–water partition coefficient (Wildman–Crippen LogP) is 1.64. The topological polar surface area (TPSA) is 113 Å². The summed E-state index contributed by atoms with van der Waals surface area (Å²) >= 11 is 0. The highest BCUT2D eigenvalue weighted by Crippen LogP contribution is 2.46. The maximum absolute atomic E-state index is 12.4. The minimum absolute atomic E-state index is 0.0104. The number of Topliss-reactive ketones (excluding diaryl/α,β-unsaturated/α-hetero) is 2. The van der Waals surface area contributed by atoms with Gasteiger partial charge in [0.05, 0.1) is 25.3 Å². The molecule has 0 aromatic heterocycles. The van der Waals surface area contributed by atoms with Crippen molar-refractivity contribution >= 4 is 11.6 Å². The zero-order valence-corrected chi connectivity index (χ0v) is 12.4. The fourth-order valence-electron chi connectivity index (χ4n) is 2.49. The second-order valence-electron chi connectivity index (χ2n) is 4.75. The van der Waals surface area contributed by atoms with E-state index >= 15 is 0 Å². The number of ether oxygens (including phenoxy) is 2. The number of phenols is 3. The minimum atomic E-state index is -0.847. The maximum atomic E-state index is 12.4. The van der Waals surface area contributed by atoms with Crippen LogP contribution in [0, 0.1) is 0 Å². The summed E-state index contributed by atoms with van der Waals surface area (Å²) in [5, 5.41) is 30.3. The molecule has 0 spiro atoms. The van der Waals surface area contributed by atoms with Gasteiger partial charge >= 0.3 is 0 Å². The molecule has 0 saturated carbocycles. The highest BCUT2D eigenvalue weighted by Gasteiger charge is 2.41. The van der Waals surface area contributed by atoms with Crippen molar-refractivity contribution in [3.8, 4) is 17.2 Å². The normalized spacial score (nSPS) is 14.1. The Morgan fingerprint density at radius 2 is 1.27 bits per heavy atom. The second-order valence-corrected chi connectivity index (χ2v) is 4.75. The van der Waals surface area contributed by atoms with Crippen LogP contribution in [0.2, 0.25) is 0 Å². The van der Waals surface area contributed by atoms with Crippen molar-refractivity contribution in [2.24, 2.45) is 0 Å².